The fraction of sp³-hybridized carbons (Fsp3) is 0.818. The average Bonchev–Trinajstić information content (AvgIpc) is 2.09. The summed E-state index contributed by atoms with van der Waals surface area (Å²) in [5.74, 6) is -0.900. The number of hydrogen-bond acceptors (Lipinski definition) is 2. The van der Waals surface area contributed by atoms with E-state index >= 15 is 0 Å². The number of carbonyl (C=O) groups is 2. The van der Waals surface area contributed by atoms with Gasteiger partial charge in [0, 0.05) is 12.0 Å². The zero-order valence-corrected chi connectivity index (χ0v) is 9.32. The highest BCUT2D eigenvalue weighted by Gasteiger charge is 2.35. The topological polar surface area (TPSA) is 66.4 Å². The molecule has 0 aromatic heterocycles. The lowest BCUT2D eigenvalue weighted by molar-refractivity contribution is -0.146. The van der Waals surface area contributed by atoms with Crippen molar-refractivity contribution in [3.63, 3.8) is 0 Å². The first kappa shape index (κ1) is 12.0. The monoisotopic (exact) mass is 213 g/mol. The van der Waals surface area contributed by atoms with Crippen LogP contribution in [0, 0.1) is 11.8 Å². The predicted octanol–water partition coefficient (Wildman–Crippen LogP) is 1.40. The zero-order valence-electron chi connectivity index (χ0n) is 9.32. The molecule has 0 aromatic carbocycles. The first-order valence-electron chi connectivity index (χ1n) is 5.57. The van der Waals surface area contributed by atoms with Gasteiger partial charge in [-0.3, -0.25) is 9.59 Å². The summed E-state index contributed by atoms with van der Waals surface area (Å²) < 4.78 is 0. The predicted molar refractivity (Wildman–Crippen MR) is 56.4 cm³/mol. The molecule has 1 amide bonds. The summed E-state index contributed by atoms with van der Waals surface area (Å²) in [6.07, 6.45) is 3.05. The van der Waals surface area contributed by atoms with Gasteiger partial charge in [-0.05, 0) is 19.3 Å². The number of aliphatic carboxylic acids is 1. The lowest BCUT2D eigenvalue weighted by Gasteiger charge is -2.33. The van der Waals surface area contributed by atoms with Gasteiger partial charge in [0.1, 0.15) is 0 Å². The molecule has 15 heavy (non-hydrogen) atoms. The van der Waals surface area contributed by atoms with Crippen molar-refractivity contribution in [2.45, 2.75) is 45.6 Å². The van der Waals surface area contributed by atoms with E-state index < -0.39 is 5.97 Å². The second kappa shape index (κ2) is 5.14. The molecule has 1 unspecified atom stereocenters. The van der Waals surface area contributed by atoms with Crippen LogP contribution in [0.2, 0.25) is 0 Å². The number of rotatable bonds is 5. The van der Waals surface area contributed by atoms with Gasteiger partial charge >= 0.3 is 5.97 Å². The quantitative estimate of drug-likeness (QED) is 0.725. The molecule has 0 saturated heterocycles. The third kappa shape index (κ3) is 3.22. The van der Waals surface area contributed by atoms with E-state index in [1.165, 1.54) is 0 Å². The van der Waals surface area contributed by atoms with Crippen LogP contribution in [0.5, 0.6) is 0 Å². The Balaban J connectivity index is 2.21. The van der Waals surface area contributed by atoms with Gasteiger partial charge in [-0.2, -0.15) is 0 Å². The molecule has 1 fully saturated rings. The Morgan fingerprint density at radius 1 is 1.47 bits per heavy atom. The molecule has 1 rings (SSSR count). The minimum absolute atomic E-state index is 0.0406. The molecule has 0 radical (unpaired) electrons. The largest absolute Gasteiger partial charge is 0.481 e. The van der Waals surface area contributed by atoms with Crippen molar-refractivity contribution in [1.29, 1.82) is 0 Å². The summed E-state index contributed by atoms with van der Waals surface area (Å²) in [4.78, 5) is 22.1. The molecule has 0 aromatic rings. The molecule has 0 heterocycles. The van der Waals surface area contributed by atoms with Gasteiger partial charge in [0.2, 0.25) is 5.91 Å². The highest BCUT2D eigenvalue weighted by Crippen LogP contribution is 2.27. The van der Waals surface area contributed by atoms with Crippen LogP contribution < -0.4 is 5.32 Å². The standard InChI is InChI=1S/C11H19NO3/c1-3-4-7(2)10(13)12-9-5-8(6-9)11(14)15/h7-9H,3-6H2,1-2H3,(H,12,13)(H,14,15). The van der Waals surface area contributed by atoms with Crippen LogP contribution in [0.4, 0.5) is 0 Å². The number of carboxylic acid groups (broad SMARTS) is 1. The molecule has 1 atom stereocenters. The van der Waals surface area contributed by atoms with Gasteiger partial charge in [0.15, 0.2) is 0 Å². The number of carbonyl (C=O) groups excluding carboxylic acids is 1. The normalized spacial score (nSPS) is 26.5. The van der Waals surface area contributed by atoms with Crippen molar-refractivity contribution in [2.24, 2.45) is 11.8 Å². The number of amides is 1. The first-order chi connectivity index (χ1) is 7.04. The van der Waals surface area contributed by atoms with Crippen LogP contribution in [0.15, 0.2) is 0 Å². The molecule has 2 N–H and O–H groups in total. The van der Waals surface area contributed by atoms with Crippen molar-refractivity contribution in [3.8, 4) is 0 Å². The van der Waals surface area contributed by atoms with Crippen LogP contribution in [-0.2, 0) is 9.59 Å². The Morgan fingerprint density at radius 2 is 2.07 bits per heavy atom. The van der Waals surface area contributed by atoms with E-state index in [2.05, 4.69) is 5.32 Å². The molecule has 0 spiro atoms. The maximum absolute atomic E-state index is 11.6. The van der Waals surface area contributed by atoms with Gasteiger partial charge < -0.3 is 10.4 Å². The highest BCUT2D eigenvalue weighted by molar-refractivity contribution is 5.79. The van der Waals surface area contributed by atoms with E-state index in [-0.39, 0.29) is 23.8 Å². The van der Waals surface area contributed by atoms with Gasteiger partial charge in [0.25, 0.3) is 0 Å². The van der Waals surface area contributed by atoms with E-state index in [1.54, 1.807) is 0 Å². The maximum atomic E-state index is 11.6. The van der Waals surface area contributed by atoms with Gasteiger partial charge in [-0.1, -0.05) is 20.3 Å². The lowest BCUT2D eigenvalue weighted by Crippen LogP contribution is -2.48. The Labute approximate surface area is 90.0 Å². The van der Waals surface area contributed by atoms with Gasteiger partial charge in [0.05, 0.1) is 5.92 Å². The van der Waals surface area contributed by atoms with Gasteiger partial charge in [-0.25, -0.2) is 0 Å². The average molecular weight is 213 g/mol. The highest BCUT2D eigenvalue weighted by atomic mass is 16.4. The molecule has 0 aliphatic heterocycles. The zero-order chi connectivity index (χ0) is 11.4. The lowest BCUT2D eigenvalue weighted by atomic mass is 9.80. The summed E-state index contributed by atoms with van der Waals surface area (Å²) >= 11 is 0. The molecule has 0 bridgehead atoms. The summed E-state index contributed by atoms with van der Waals surface area (Å²) in [7, 11) is 0. The summed E-state index contributed by atoms with van der Waals surface area (Å²) in [6, 6.07) is 0.0814. The molecular formula is C11H19NO3. The minimum Gasteiger partial charge on any atom is -0.481 e. The van der Waals surface area contributed by atoms with E-state index in [0.29, 0.717) is 12.8 Å². The molecule has 4 heteroatoms. The van der Waals surface area contributed by atoms with Gasteiger partial charge in [-0.15, -0.1) is 0 Å². The van der Waals surface area contributed by atoms with E-state index in [1.807, 2.05) is 13.8 Å². The third-order valence-corrected chi connectivity index (χ3v) is 3.00. The van der Waals surface area contributed by atoms with E-state index in [9.17, 15) is 9.59 Å². The van der Waals surface area contributed by atoms with Crippen LogP contribution in [0.25, 0.3) is 0 Å². The van der Waals surface area contributed by atoms with Crippen molar-refractivity contribution >= 4 is 11.9 Å². The molecule has 86 valence electrons. The second-order valence-corrected chi connectivity index (χ2v) is 4.40. The number of hydrogen-bond donors (Lipinski definition) is 2. The van der Waals surface area contributed by atoms with Crippen LogP contribution in [0.3, 0.4) is 0 Å². The Kier molecular flexibility index (Phi) is 4.12. The van der Waals surface area contributed by atoms with Crippen molar-refractivity contribution in [2.75, 3.05) is 0 Å². The molecular weight excluding hydrogens is 194 g/mol. The summed E-state index contributed by atoms with van der Waals surface area (Å²) in [6.45, 7) is 3.96. The van der Waals surface area contributed by atoms with E-state index in [4.69, 9.17) is 5.11 Å². The Hall–Kier alpha value is -1.06. The minimum atomic E-state index is -0.748. The van der Waals surface area contributed by atoms with Crippen molar-refractivity contribution < 1.29 is 14.7 Å². The Morgan fingerprint density at radius 3 is 2.53 bits per heavy atom. The number of nitrogens with one attached hydrogen (secondary N) is 1. The number of carboxylic acids is 1. The third-order valence-electron chi connectivity index (χ3n) is 3.00. The molecule has 1 saturated carbocycles. The second-order valence-electron chi connectivity index (χ2n) is 4.40. The fourth-order valence-electron chi connectivity index (χ4n) is 1.84. The summed E-state index contributed by atoms with van der Waals surface area (Å²) in [5, 5.41) is 11.5. The van der Waals surface area contributed by atoms with Crippen molar-refractivity contribution in [1.82, 2.24) is 5.32 Å². The first-order valence-corrected chi connectivity index (χ1v) is 5.57. The molecule has 1 aliphatic carbocycles. The molecule has 4 nitrogen and oxygen atoms in total. The molecule has 1 aliphatic rings. The van der Waals surface area contributed by atoms with Crippen LogP contribution in [-0.4, -0.2) is 23.0 Å². The van der Waals surface area contributed by atoms with Crippen molar-refractivity contribution in [3.05, 3.63) is 0 Å². The Bertz CT molecular complexity index is 246. The van der Waals surface area contributed by atoms with Crippen LogP contribution in [0.1, 0.15) is 39.5 Å². The van der Waals surface area contributed by atoms with E-state index in [0.717, 1.165) is 12.8 Å². The maximum Gasteiger partial charge on any atom is 0.306 e. The summed E-state index contributed by atoms with van der Waals surface area (Å²) in [5.41, 5.74) is 0. The SMILES string of the molecule is CCCC(C)C(=O)NC1CC(C(=O)O)C1. The fourth-order valence-corrected chi connectivity index (χ4v) is 1.84. The van der Waals surface area contributed by atoms with Crippen LogP contribution >= 0.6 is 0 Å². The smallest absolute Gasteiger partial charge is 0.306 e.